The van der Waals surface area contributed by atoms with E-state index in [1.165, 1.54) is 11.3 Å². The van der Waals surface area contributed by atoms with Gasteiger partial charge in [-0.05, 0) is 37.1 Å². The summed E-state index contributed by atoms with van der Waals surface area (Å²) in [5, 5.41) is 2.96. The molecule has 0 spiro atoms. The van der Waals surface area contributed by atoms with Gasteiger partial charge in [0.2, 0.25) is 5.91 Å². The smallest absolute Gasteiger partial charge is 0.407 e. The van der Waals surface area contributed by atoms with Gasteiger partial charge >= 0.3 is 12.1 Å². The average Bonchev–Trinajstić information content (AvgIpc) is 3.34. The number of esters is 1. The zero-order valence-corrected chi connectivity index (χ0v) is 22.1. The first-order valence-electron chi connectivity index (χ1n) is 11.7. The highest BCUT2D eigenvalue weighted by molar-refractivity contribution is 7.16. The van der Waals surface area contributed by atoms with Crippen LogP contribution >= 0.6 is 22.9 Å². The second-order valence-corrected chi connectivity index (χ2v) is 9.32. The van der Waals surface area contributed by atoms with E-state index < -0.39 is 31.1 Å². The number of amides is 2. The minimum absolute atomic E-state index is 0.0364. The van der Waals surface area contributed by atoms with Crippen molar-refractivity contribution in [2.24, 2.45) is 0 Å². The van der Waals surface area contributed by atoms with Gasteiger partial charge in [-0.15, -0.1) is 11.3 Å². The molecule has 2 amide bonds. The van der Waals surface area contributed by atoms with Crippen LogP contribution in [0.2, 0.25) is 5.02 Å². The van der Waals surface area contributed by atoms with Crippen molar-refractivity contribution in [1.29, 1.82) is 0 Å². The summed E-state index contributed by atoms with van der Waals surface area (Å²) in [4.78, 5) is 53.2. The first kappa shape index (κ1) is 27.9. The first-order chi connectivity index (χ1) is 17.8. The molecule has 2 aromatic carbocycles. The fourth-order valence-corrected chi connectivity index (χ4v) is 4.71. The Balaban J connectivity index is 1.83. The Morgan fingerprint density at radius 3 is 2.32 bits per heavy atom. The van der Waals surface area contributed by atoms with Crippen LogP contribution in [0, 0.1) is 0 Å². The summed E-state index contributed by atoms with van der Waals surface area (Å²) >= 11 is 7.47. The molecule has 1 heterocycles. The number of nitrogens with one attached hydrogen (secondary N) is 1. The number of carbonyl (C=O) groups is 4. The summed E-state index contributed by atoms with van der Waals surface area (Å²) in [6, 6.07) is 17.4. The number of ether oxygens (including phenoxy) is 2. The fraction of sp³-hybridized carbons (Fsp3) is 0.259. The molecule has 10 heteroatoms. The van der Waals surface area contributed by atoms with Crippen LogP contribution in [0.3, 0.4) is 0 Å². The molecule has 1 N–H and O–H groups in total. The predicted octanol–water partition coefficient (Wildman–Crippen LogP) is 5.02. The number of anilines is 1. The summed E-state index contributed by atoms with van der Waals surface area (Å²) in [5.74, 6) is -1.64. The number of halogens is 1. The molecule has 0 atom stereocenters. The number of aryl methyl sites for hydroxylation is 1. The largest absolute Gasteiger partial charge is 0.465 e. The van der Waals surface area contributed by atoms with Gasteiger partial charge in [0.25, 0.3) is 0 Å². The molecule has 37 heavy (non-hydrogen) atoms. The molecule has 0 aliphatic carbocycles. The monoisotopic (exact) mass is 542 g/mol. The maximum Gasteiger partial charge on any atom is 0.407 e. The van der Waals surface area contributed by atoms with Crippen LogP contribution in [0.4, 0.5) is 9.80 Å². The van der Waals surface area contributed by atoms with E-state index in [1.807, 2.05) is 25.1 Å². The average molecular weight is 543 g/mol. The molecule has 1 aromatic heterocycles. The van der Waals surface area contributed by atoms with E-state index in [9.17, 15) is 19.2 Å². The molecule has 3 rings (SSSR count). The Hall–Kier alpha value is -3.69. The lowest BCUT2D eigenvalue weighted by atomic mass is 10.0. The highest BCUT2D eigenvalue weighted by Crippen LogP contribution is 2.35. The Kier molecular flexibility index (Phi) is 10.2. The Morgan fingerprint density at radius 1 is 0.946 bits per heavy atom. The van der Waals surface area contributed by atoms with Crippen molar-refractivity contribution in [3.63, 3.8) is 0 Å². The SMILES string of the molecule is CCOC(=O)CN(C(=O)CNC(=O)OCc1ccccc1)c1sc(CC)cc1C(=O)c1ccccc1Cl. The van der Waals surface area contributed by atoms with Gasteiger partial charge in [0.05, 0.1) is 17.2 Å². The maximum absolute atomic E-state index is 13.4. The van der Waals surface area contributed by atoms with Gasteiger partial charge < -0.3 is 14.8 Å². The van der Waals surface area contributed by atoms with E-state index in [0.717, 1.165) is 15.3 Å². The van der Waals surface area contributed by atoms with Crippen LogP contribution in [0.25, 0.3) is 0 Å². The van der Waals surface area contributed by atoms with Gasteiger partial charge in [-0.25, -0.2) is 4.79 Å². The first-order valence-corrected chi connectivity index (χ1v) is 12.9. The van der Waals surface area contributed by atoms with Crippen LogP contribution in [0.1, 0.15) is 40.2 Å². The van der Waals surface area contributed by atoms with E-state index >= 15 is 0 Å². The molecular weight excluding hydrogens is 516 g/mol. The van der Waals surface area contributed by atoms with Gasteiger partial charge in [0, 0.05) is 10.4 Å². The number of rotatable bonds is 11. The third-order valence-corrected chi connectivity index (χ3v) is 6.84. The highest BCUT2D eigenvalue weighted by Gasteiger charge is 2.28. The van der Waals surface area contributed by atoms with Crippen LogP contribution in [0.15, 0.2) is 60.7 Å². The fourth-order valence-electron chi connectivity index (χ4n) is 3.39. The molecule has 8 nitrogen and oxygen atoms in total. The van der Waals surface area contributed by atoms with Crippen molar-refractivity contribution in [2.45, 2.75) is 26.9 Å². The Morgan fingerprint density at radius 2 is 1.65 bits per heavy atom. The summed E-state index contributed by atoms with van der Waals surface area (Å²) in [6.07, 6.45) is -0.181. The number of carbonyl (C=O) groups excluding carboxylic acids is 4. The number of hydrogen-bond acceptors (Lipinski definition) is 7. The zero-order chi connectivity index (χ0) is 26.8. The standard InChI is InChI=1S/C27H27ClN2O6S/c1-3-19-14-21(25(33)20-12-8-9-13-22(20)28)26(37-19)30(16-24(32)35-4-2)23(31)15-29-27(34)36-17-18-10-6-5-7-11-18/h5-14H,3-4,15-17H2,1-2H3,(H,29,34). The van der Waals surface area contributed by atoms with Gasteiger partial charge in [-0.3, -0.25) is 19.3 Å². The number of hydrogen-bond donors (Lipinski definition) is 1. The normalized spacial score (nSPS) is 10.5. The van der Waals surface area contributed by atoms with Crippen molar-refractivity contribution in [3.8, 4) is 0 Å². The lowest BCUT2D eigenvalue weighted by molar-refractivity contribution is -0.142. The van der Waals surface area contributed by atoms with Crippen LogP contribution < -0.4 is 10.2 Å². The van der Waals surface area contributed by atoms with Crippen molar-refractivity contribution in [1.82, 2.24) is 5.32 Å². The third-order valence-electron chi connectivity index (χ3n) is 5.21. The summed E-state index contributed by atoms with van der Waals surface area (Å²) in [7, 11) is 0. The van der Waals surface area contributed by atoms with Crippen molar-refractivity contribution in [2.75, 3.05) is 24.6 Å². The van der Waals surface area contributed by atoms with E-state index in [1.54, 1.807) is 49.4 Å². The minimum atomic E-state index is -0.791. The molecule has 0 unspecified atom stereocenters. The summed E-state index contributed by atoms with van der Waals surface area (Å²) in [5.41, 5.74) is 1.30. The molecule has 0 aliphatic heterocycles. The number of nitrogens with zero attached hydrogens (tertiary/aromatic N) is 1. The van der Waals surface area contributed by atoms with E-state index in [2.05, 4.69) is 5.32 Å². The van der Waals surface area contributed by atoms with Gasteiger partial charge in [0.1, 0.15) is 24.7 Å². The van der Waals surface area contributed by atoms with Crippen molar-refractivity contribution >= 4 is 51.7 Å². The zero-order valence-electron chi connectivity index (χ0n) is 20.5. The molecule has 0 bridgehead atoms. The molecule has 0 saturated heterocycles. The van der Waals surface area contributed by atoms with E-state index in [-0.39, 0.29) is 40.1 Å². The van der Waals surface area contributed by atoms with Crippen LogP contribution in [0.5, 0.6) is 0 Å². The van der Waals surface area contributed by atoms with Crippen LogP contribution in [-0.2, 0) is 32.1 Å². The molecule has 0 fully saturated rings. The van der Waals surface area contributed by atoms with Gasteiger partial charge in [0.15, 0.2) is 5.78 Å². The number of thiophene rings is 1. The van der Waals surface area contributed by atoms with Crippen molar-refractivity contribution < 1.29 is 28.7 Å². The van der Waals surface area contributed by atoms with Crippen LogP contribution in [-0.4, -0.2) is 43.4 Å². The number of benzene rings is 2. The van der Waals surface area contributed by atoms with Gasteiger partial charge in [-0.2, -0.15) is 0 Å². The molecule has 0 saturated carbocycles. The van der Waals surface area contributed by atoms with Gasteiger partial charge in [-0.1, -0.05) is 61.0 Å². The second kappa shape index (κ2) is 13.6. The van der Waals surface area contributed by atoms with E-state index in [0.29, 0.717) is 6.42 Å². The molecule has 0 aliphatic rings. The third kappa shape index (κ3) is 7.65. The van der Waals surface area contributed by atoms with Crippen molar-refractivity contribution in [3.05, 3.63) is 87.3 Å². The minimum Gasteiger partial charge on any atom is -0.465 e. The Bertz CT molecular complexity index is 1260. The highest BCUT2D eigenvalue weighted by atomic mass is 35.5. The molecule has 0 radical (unpaired) electrons. The number of ketones is 1. The quantitative estimate of drug-likeness (QED) is 0.270. The molecule has 194 valence electrons. The van der Waals surface area contributed by atoms with E-state index in [4.69, 9.17) is 21.1 Å². The lowest BCUT2D eigenvalue weighted by Crippen LogP contribution is -2.43. The number of alkyl carbamates (subject to hydrolysis) is 1. The molecular formula is C27H27ClN2O6S. The second-order valence-electron chi connectivity index (χ2n) is 7.79. The summed E-state index contributed by atoms with van der Waals surface area (Å²) in [6.45, 7) is 2.85. The maximum atomic E-state index is 13.4. The summed E-state index contributed by atoms with van der Waals surface area (Å²) < 4.78 is 10.2. The Labute approximate surface area is 224 Å². The predicted molar refractivity (Wildman–Crippen MR) is 142 cm³/mol. The molecule has 3 aromatic rings. The lowest BCUT2D eigenvalue weighted by Gasteiger charge is -2.22. The topological polar surface area (TPSA) is 102 Å².